The number of hydrogen-bond acceptors (Lipinski definition) is 3. The van der Waals surface area contributed by atoms with Crippen molar-refractivity contribution in [1.82, 2.24) is 10.2 Å². The first-order valence-corrected chi connectivity index (χ1v) is 9.18. The summed E-state index contributed by atoms with van der Waals surface area (Å²) in [7, 11) is 0. The van der Waals surface area contributed by atoms with Crippen LogP contribution in [0.2, 0.25) is 0 Å². The van der Waals surface area contributed by atoms with Crippen LogP contribution in [-0.4, -0.2) is 36.2 Å². The lowest BCUT2D eigenvalue weighted by molar-refractivity contribution is -0.132. The molecule has 0 radical (unpaired) electrons. The van der Waals surface area contributed by atoms with Gasteiger partial charge in [-0.2, -0.15) is 12.6 Å². The van der Waals surface area contributed by atoms with Crippen LogP contribution in [0.15, 0.2) is 24.3 Å². The molecular formula is C18H28N2OS. The molecule has 1 N–H and O–H groups in total. The van der Waals surface area contributed by atoms with Crippen molar-refractivity contribution in [2.24, 2.45) is 0 Å². The summed E-state index contributed by atoms with van der Waals surface area (Å²) in [6.45, 7) is 3.66. The zero-order valence-corrected chi connectivity index (χ0v) is 14.6. The lowest BCUT2D eigenvalue weighted by Gasteiger charge is -2.37. The molecule has 1 aliphatic heterocycles. The second kappa shape index (κ2) is 8.59. The molecule has 1 aliphatic carbocycles. The fourth-order valence-electron chi connectivity index (χ4n) is 3.68. The van der Waals surface area contributed by atoms with E-state index in [9.17, 15) is 4.79 Å². The number of rotatable bonds is 3. The Morgan fingerprint density at radius 1 is 1.27 bits per heavy atom. The van der Waals surface area contributed by atoms with Gasteiger partial charge in [0.15, 0.2) is 0 Å². The van der Waals surface area contributed by atoms with Crippen molar-refractivity contribution in [2.45, 2.75) is 51.1 Å². The minimum Gasteiger partial charge on any atom is -0.334 e. The van der Waals surface area contributed by atoms with Gasteiger partial charge in [0.1, 0.15) is 0 Å². The highest BCUT2D eigenvalue weighted by atomic mass is 32.1. The molecule has 1 aromatic carbocycles. The van der Waals surface area contributed by atoms with Gasteiger partial charge in [-0.1, -0.05) is 24.3 Å². The number of thiol groups is 1. The molecule has 1 aromatic rings. The summed E-state index contributed by atoms with van der Waals surface area (Å²) in [6, 6.07) is 9.39. The van der Waals surface area contributed by atoms with E-state index in [0.29, 0.717) is 6.04 Å². The summed E-state index contributed by atoms with van der Waals surface area (Å²) in [5.41, 5.74) is 2.79. The molecule has 2 unspecified atom stereocenters. The molecule has 0 spiro atoms. The highest BCUT2D eigenvalue weighted by Crippen LogP contribution is 2.34. The number of hydrogen-bond donors (Lipinski definition) is 2. The number of nitrogens with zero attached hydrogens (tertiary/aromatic N) is 1. The van der Waals surface area contributed by atoms with Gasteiger partial charge in [0.2, 0.25) is 5.91 Å². The van der Waals surface area contributed by atoms with Gasteiger partial charge in [-0.05, 0) is 56.0 Å². The first-order valence-electron chi connectivity index (χ1n) is 8.29. The van der Waals surface area contributed by atoms with Crippen LogP contribution >= 0.6 is 12.6 Å². The predicted octanol–water partition coefficient (Wildman–Crippen LogP) is 3.21. The molecule has 1 heterocycles. The number of carbonyl (C=O) groups excluding carboxylic acids is 1. The van der Waals surface area contributed by atoms with E-state index >= 15 is 0 Å². The van der Waals surface area contributed by atoms with Crippen molar-refractivity contribution in [3.05, 3.63) is 35.4 Å². The van der Waals surface area contributed by atoms with Crippen LogP contribution in [0.1, 0.15) is 49.8 Å². The number of nitrogens with one attached hydrogen (secondary N) is 1. The Balaban J connectivity index is 0.000000847. The Kier molecular flexibility index (Phi) is 6.77. The molecule has 0 bridgehead atoms. The van der Waals surface area contributed by atoms with Gasteiger partial charge in [-0.25, -0.2) is 0 Å². The lowest BCUT2D eigenvalue weighted by Crippen LogP contribution is -2.43. The minimum atomic E-state index is 0.209. The highest BCUT2D eigenvalue weighted by Gasteiger charge is 2.29. The fourth-order valence-corrected chi connectivity index (χ4v) is 3.68. The summed E-state index contributed by atoms with van der Waals surface area (Å²) < 4.78 is 0. The van der Waals surface area contributed by atoms with Crippen molar-refractivity contribution in [2.75, 3.05) is 19.3 Å². The molecule has 2 atom stereocenters. The molecule has 3 nitrogen and oxygen atoms in total. The second-order valence-electron chi connectivity index (χ2n) is 6.07. The quantitative estimate of drug-likeness (QED) is 0.838. The summed E-state index contributed by atoms with van der Waals surface area (Å²) in [6.07, 6.45) is 7.56. The molecule has 0 aromatic heterocycles. The van der Waals surface area contributed by atoms with E-state index in [2.05, 4.69) is 47.1 Å². The van der Waals surface area contributed by atoms with Crippen molar-refractivity contribution >= 4 is 18.5 Å². The van der Waals surface area contributed by atoms with E-state index < -0.39 is 0 Å². The van der Waals surface area contributed by atoms with Crippen molar-refractivity contribution in [3.8, 4) is 0 Å². The number of carbonyl (C=O) groups is 1. The van der Waals surface area contributed by atoms with Crippen LogP contribution < -0.4 is 5.32 Å². The average molecular weight is 321 g/mol. The SMILES string of the molecule is CC(=O)N(CC1CCCN1)C1CCCc2ccccc21.CS. The number of benzene rings is 1. The molecule has 1 amide bonds. The zero-order chi connectivity index (χ0) is 15.9. The van der Waals surface area contributed by atoms with Gasteiger partial charge in [-0.15, -0.1) is 0 Å². The molecule has 1 fully saturated rings. The molecule has 22 heavy (non-hydrogen) atoms. The van der Waals surface area contributed by atoms with E-state index in [4.69, 9.17) is 0 Å². The maximum absolute atomic E-state index is 12.1. The number of fused-ring (bicyclic) bond motifs is 1. The van der Waals surface area contributed by atoms with Crippen LogP contribution in [0, 0.1) is 0 Å². The number of aryl methyl sites for hydroxylation is 1. The van der Waals surface area contributed by atoms with E-state index in [-0.39, 0.29) is 11.9 Å². The Morgan fingerprint density at radius 3 is 2.73 bits per heavy atom. The van der Waals surface area contributed by atoms with Gasteiger partial charge in [0.25, 0.3) is 0 Å². The third kappa shape index (κ3) is 4.05. The third-order valence-electron chi connectivity index (χ3n) is 4.70. The standard InChI is InChI=1S/C17H24N2O.CH4S/c1-13(20)19(12-15-8-5-11-18-15)17-10-4-7-14-6-2-3-9-16(14)17;1-2/h2-3,6,9,15,17-18H,4-5,7-8,10-12H2,1H3;2H,1H3. The molecule has 1 saturated heterocycles. The first kappa shape index (κ1) is 17.4. The molecule has 0 saturated carbocycles. The van der Waals surface area contributed by atoms with Gasteiger partial charge in [-0.3, -0.25) is 4.79 Å². The van der Waals surface area contributed by atoms with E-state index in [1.165, 1.54) is 30.4 Å². The fraction of sp³-hybridized carbons (Fsp3) is 0.611. The average Bonchev–Trinajstić information content (AvgIpc) is 3.07. The maximum atomic E-state index is 12.1. The Labute approximate surface area is 139 Å². The summed E-state index contributed by atoms with van der Waals surface area (Å²) >= 11 is 3.53. The van der Waals surface area contributed by atoms with Gasteiger partial charge < -0.3 is 10.2 Å². The normalized spacial score (nSPS) is 23.2. The Morgan fingerprint density at radius 2 is 2.05 bits per heavy atom. The smallest absolute Gasteiger partial charge is 0.220 e. The minimum absolute atomic E-state index is 0.209. The molecule has 4 heteroatoms. The largest absolute Gasteiger partial charge is 0.334 e. The maximum Gasteiger partial charge on any atom is 0.220 e. The van der Waals surface area contributed by atoms with Crippen molar-refractivity contribution in [1.29, 1.82) is 0 Å². The Bertz CT molecular complexity index is 486. The first-order chi connectivity index (χ1) is 10.8. The van der Waals surface area contributed by atoms with Gasteiger partial charge in [0.05, 0.1) is 6.04 Å². The van der Waals surface area contributed by atoms with Gasteiger partial charge >= 0.3 is 0 Å². The van der Waals surface area contributed by atoms with Crippen LogP contribution in [0.4, 0.5) is 0 Å². The lowest BCUT2D eigenvalue weighted by atomic mass is 9.86. The van der Waals surface area contributed by atoms with Crippen LogP contribution in [0.5, 0.6) is 0 Å². The van der Waals surface area contributed by atoms with Crippen LogP contribution in [0.25, 0.3) is 0 Å². The monoisotopic (exact) mass is 320 g/mol. The van der Waals surface area contributed by atoms with Crippen molar-refractivity contribution < 1.29 is 4.79 Å². The molecule has 122 valence electrons. The third-order valence-corrected chi connectivity index (χ3v) is 4.70. The van der Waals surface area contributed by atoms with E-state index in [1.807, 2.05) is 0 Å². The molecule has 2 aliphatic rings. The highest BCUT2D eigenvalue weighted by molar-refractivity contribution is 7.79. The second-order valence-corrected chi connectivity index (χ2v) is 6.07. The predicted molar refractivity (Wildman–Crippen MR) is 95.4 cm³/mol. The summed E-state index contributed by atoms with van der Waals surface area (Å²) in [5, 5.41) is 3.51. The summed E-state index contributed by atoms with van der Waals surface area (Å²) in [5.74, 6) is 0.209. The van der Waals surface area contributed by atoms with Crippen molar-refractivity contribution in [3.63, 3.8) is 0 Å². The topological polar surface area (TPSA) is 32.3 Å². The zero-order valence-electron chi connectivity index (χ0n) is 13.7. The van der Waals surface area contributed by atoms with Crippen LogP contribution in [-0.2, 0) is 11.2 Å². The molecule has 3 rings (SSSR count). The van der Waals surface area contributed by atoms with E-state index in [0.717, 1.165) is 25.9 Å². The Hall–Kier alpha value is -1.00. The van der Waals surface area contributed by atoms with E-state index in [1.54, 1.807) is 13.2 Å². The van der Waals surface area contributed by atoms with Crippen LogP contribution in [0.3, 0.4) is 0 Å². The molecular weight excluding hydrogens is 292 g/mol. The summed E-state index contributed by atoms with van der Waals surface area (Å²) in [4.78, 5) is 14.2. The van der Waals surface area contributed by atoms with Gasteiger partial charge in [0, 0.05) is 19.5 Å². The number of amides is 1.